The summed E-state index contributed by atoms with van der Waals surface area (Å²) in [5.41, 5.74) is -0.886. The third kappa shape index (κ3) is 2.71. The van der Waals surface area contributed by atoms with Gasteiger partial charge in [-0.05, 0) is 36.6 Å². The van der Waals surface area contributed by atoms with Crippen LogP contribution in [0.3, 0.4) is 0 Å². The average Bonchev–Trinajstić information content (AvgIpc) is 2.27. The van der Waals surface area contributed by atoms with Crippen LogP contribution in [0.5, 0.6) is 0 Å². The Labute approximate surface area is 102 Å². The number of ketones is 1. The summed E-state index contributed by atoms with van der Waals surface area (Å²) in [6.45, 7) is 0. The highest BCUT2D eigenvalue weighted by atomic mass is 19.4. The minimum Gasteiger partial charge on any atom is -0.299 e. The lowest BCUT2D eigenvalue weighted by Gasteiger charge is -2.21. The van der Waals surface area contributed by atoms with Crippen LogP contribution in [0.2, 0.25) is 0 Å². The van der Waals surface area contributed by atoms with Crippen molar-refractivity contribution >= 4 is 5.78 Å². The smallest absolute Gasteiger partial charge is 0.299 e. The van der Waals surface area contributed by atoms with Crippen molar-refractivity contribution in [3.05, 3.63) is 35.1 Å². The predicted molar refractivity (Wildman–Crippen MR) is 57.6 cm³/mol. The minimum atomic E-state index is -4.59. The molecule has 1 nitrogen and oxygen atoms in total. The van der Waals surface area contributed by atoms with Gasteiger partial charge >= 0.3 is 6.18 Å². The number of rotatable bonds is 1. The summed E-state index contributed by atoms with van der Waals surface area (Å²) in [7, 11) is 0. The highest BCUT2D eigenvalue weighted by molar-refractivity contribution is 5.86. The lowest BCUT2D eigenvalue weighted by atomic mass is 9.82. The van der Waals surface area contributed by atoms with Crippen LogP contribution >= 0.6 is 0 Å². The SMILES string of the molecule is O=C1CCCC[C@@H]1c1cc(F)cc(C(F)(F)F)c1. The Morgan fingerprint density at radius 2 is 1.83 bits per heavy atom. The molecule has 0 aliphatic heterocycles. The quantitative estimate of drug-likeness (QED) is 0.695. The molecule has 18 heavy (non-hydrogen) atoms. The van der Waals surface area contributed by atoms with Crippen LogP contribution in [0.1, 0.15) is 42.7 Å². The molecule has 1 fully saturated rings. The number of Topliss-reactive ketones (excluding diaryl/α,β-unsaturated/α-hetero) is 1. The maximum Gasteiger partial charge on any atom is 0.416 e. The molecule has 0 unspecified atom stereocenters. The third-order valence-electron chi connectivity index (χ3n) is 3.20. The normalized spacial score (nSPS) is 21.1. The number of hydrogen-bond acceptors (Lipinski definition) is 1. The van der Waals surface area contributed by atoms with Crippen molar-refractivity contribution in [1.82, 2.24) is 0 Å². The summed E-state index contributed by atoms with van der Waals surface area (Å²) < 4.78 is 50.9. The van der Waals surface area contributed by atoms with Crippen LogP contribution in [0.15, 0.2) is 18.2 Å². The van der Waals surface area contributed by atoms with E-state index in [0.717, 1.165) is 25.0 Å². The molecule has 1 aliphatic carbocycles. The van der Waals surface area contributed by atoms with Gasteiger partial charge in [0.25, 0.3) is 0 Å². The van der Waals surface area contributed by atoms with Crippen LogP contribution in [0.25, 0.3) is 0 Å². The zero-order valence-electron chi connectivity index (χ0n) is 9.56. The monoisotopic (exact) mass is 260 g/mol. The molecule has 0 aromatic heterocycles. The van der Waals surface area contributed by atoms with Crippen LogP contribution in [-0.4, -0.2) is 5.78 Å². The first kappa shape index (κ1) is 13.1. The molecule has 1 aromatic carbocycles. The van der Waals surface area contributed by atoms with Crippen LogP contribution in [0.4, 0.5) is 17.6 Å². The summed E-state index contributed by atoms with van der Waals surface area (Å²) in [5, 5.41) is 0. The molecule has 2 rings (SSSR count). The van der Waals surface area contributed by atoms with Crippen molar-refractivity contribution in [2.45, 2.75) is 37.8 Å². The van der Waals surface area contributed by atoms with Gasteiger partial charge in [0, 0.05) is 12.3 Å². The Hall–Kier alpha value is -1.39. The zero-order chi connectivity index (χ0) is 13.3. The van der Waals surface area contributed by atoms with Crippen molar-refractivity contribution in [1.29, 1.82) is 0 Å². The molecular formula is C13H12F4O. The summed E-state index contributed by atoms with van der Waals surface area (Å²) in [5.74, 6) is -1.63. The number of carbonyl (C=O) groups is 1. The Balaban J connectivity index is 2.38. The molecule has 0 spiro atoms. The topological polar surface area (TPSA) is 17.1 Å². The van der Waals surface area contributed by atoms with E-state index >= 15 is 0 Å². The van der Waals surface area contributed by atoms with Crippen molar-refractivity contribution < 1.29 is 22.4 Å². The van der Waals surface area contributed by atoms with E-state index in [1.807, 2.05) is 0 Å². The van der Waals surface area contributed by atoms with Gasteiger partial charge in [0.1, 0.15) is 11.6 Å². The molecule has 1 aromatic rings. The van der Waals surface area contributed by atoms with Gasteiger partial charge < -0.3 is 0 Å². The molecule has 0 radical (unpaired) electrons. The van der Waals surface area contributed by atoms with Crippen molar-refractivity contribution in [2.75, 3.05) is 0 Å². The first-order valence-electron chi connectivity index (χ1n) is 5.78. The molecule has 0 bridgehead atoms. The number of hydrogen-bond donors (Lipinski definition) is 0. The number of benzene rings is 1. The second kappa shape index (κ2) is 4.71. The Kier molecular flexibility index (Phi) is 3.41. The van der Waals surface area contributed by atoms with Gasteiger partial charge in [-0.25, -0.2) is 4.39 Å². The molecule has 1 saturated carbocycles. The summed E-state index contributed by atoms with van der Waals surface area (Å²) >= 11 is 0. The Morgan fingerprint density at radius 1 is 1.11 bits per heavy atom. The van der Waals surface area contributed by atoms with Gasteiger partial charge in [-0.1, -0.05) is 6.42 Å². The van der Waals surface area contributed by atoms with E-state index in [1.165, 1.54) is 0 Å². The molecule has 0 amide bonds. The largest absolute Gasteiger partial charge is 0.416 e. The van der Waals surface area contributed by atoms with E-state index in [4.69, 9.17) is 0 Å². The second-order valence-electron chi connectivity index (χ2n) is 4.54. The van der Waals surface area contributed by atoms with E-state index in [9.17, 15) is 22.4 Å². The zero-order valence-corrected chi connectivity index (χ0v) is 9.56. The maximum atomic E-state index is 13.2. The predicted octanol–water partition coefficient (Wildman–Crippen LogP) is 4.07. The fraction of sp³-hybridized carbons (Fsp3) is 0.462. The Morgan fingerprint density at radius 3 is 2.44 bits per heavy atom. The van der Waals surface area contributed by atoms with Gasteiger partial charge in [-0.2, -0.15) is 13.2 Å². The van der Waals surface area contributed by atoms with Gasteiger partial charge in [-0.3, -0.25) is 4.79 Å². The van der Waals surface area contributed by atoms with E-state index in [2.05, 4.69) is 0 Å². The van der Waals surface area contributed by atoms with Crippen LogP contribution in [-0.2, 0) is 11.0 Å². The summed E-state index contributed by atoms with van der Waals surface area (Å²) in [4.78, 5) is 11.7. The minimum absolute atomic E-state index is 0.0972. The standard InChI is InChI=1S/C13H12F4O/c14-10-6-8(5-9(7-10)13(15,16)17)11-3-1-2-4-12(11)18/h5-7,11H,1-4H2/t11-/m1/s1. The van der Waals surface area contributed by atoms with E-state index < -0.39 is 23.5 Å². The maximum absolute atomic E-state index is 13.2. The second-order valence-corrected chi connectivity index (χ2v) is 4.54. The van der Waals surface area contributed by atoms with Gasteiger partial charge in [0.2, 0.25) is 0 Å². The lowest BCUT2D eigenvalue weighted by molar-refractivity contribution is -0.138. The number of carbonyl (C=O) groups excluding carboxylic acids is 1. The molecule has 0 saturated heterocycles. The fourth-order valence-corrected chi connectivity index (χ4v) is 2.31. The van der Waals surface area contributed by atoms with E-state index in [-0.39, 0.29) is 11.3 Å². The first-order chi connectivity index (χ1) is 8.38. The molecule has 0 heterocycles. The Bertz CT molecular complexity index is 465. The van der Waals surface area contributed by atoms with Crippen molar-refractivity contribution in [2.24, 2.45) is 0 Å². The van der Waals surface area contributed by atoms with Crippen LogP contribution in [0, 0.1) is 5.82 Å². The summed E-state index contributed by atoms with van der Waals surface area (Å²) in [6.07, 6.45) is -2.18. The third-order valence-corrected chi connectivity index (χ3v) is 3.20. The van der Waals surface area contributed by atoms with Crippen molar-refractivity contribution in [3.8, 4) is 0 Å². The van der Waals surface area contributed by atoms with E-state index in [1.54, 1.807) is 0 Å². The molecule has 98 valence electrons. The fourth-order valence-electron chi connectivity index (χ4n) is 2.31. The van der Waals surface area contributed by atoms with E-state index in [0.29, 0.717) is 18.9 Å². The van der Waals surface area contributed by atoms with Crippen LogP contribution < -0.4 is 0 Å². The number of alkyl halides is 3. The highest BCUT2D eigenvalue weighted by Crippen LogP contribution is 2.35. The van der Waals surface area contributed by atoms with Gasteiger partial charge in [0.15, 0.2) is 0 Å². The lowest BCUT2D eigenvalue weighted by Crippen LogP contribution is -2.18. The molecule has 0 N–H and O–H groups in total. The molecule has 1 atom stereocenters. The molecule has 1 aliphatic rings. The summed E-state index contributed by atoms with van der Waals surface area (Å²) in [6, 6.07) is 2.37. The first-order valence-corrected chi connectivity index (χ1v) is 5.78. The van der Waals surface area contributed by atoms with Crippen molar-refractivity contribution in [3.63, 3.8) is 0 Å². The highest BCUT2D eigenvalue weighted by Gasteiger charge is 2.33. The molecular weight excluding hydrogens is 248 g/mol. The molecule has 5 heteroatoms. The number of halogens is 4. The van der Waals surface area contributed by atoms with Gasteiger partial charge in [0.05, 0.1) is 5.56 Å². The average molecular weight is 260 g/mol. The van der Waals surface area contributed by atoms with Gasteiger partial charge in [-0.15, -0.1) is 0 Å².